The van der Waals surface area contributed by atoms with Crippen LogP contribution < -0.4 is 29.6 Å². The third kappa shape index (κ3) is 17.8. The Morgan fingerprint density at radius 2 is 1.11 bits per heavy atom. The molecule has 0 rings (SSSR count). The molecule has 0 saturated carbocycles. The number of hydrogen-bond acceptors (Lipinski definition) is 3. The van der Waals surface area contributed by atoms with Gasteiger partial charge < -0.3 is 5.48 Å². The zero-order chi connectivity index (χ0) is 5.15. The minimum atomic E-state index is -2.59. The van der Waals surface area contributed by atoms with Gasteiger partial charge in [-0.3, -0.25) is 9.11 Å². The predicted octanol–water partition coefficient (Wildman–Crippen LogP) is -4.48. The van der Waals surface area contributed by atoms with E-state index >= 15 is 0 Å². The minimum absolute atomic E-state index is 0. The van der Waals surface area contributed by atoms with E-state index in [-0.39, 0.29) is 64.6 Å². The number of rotatable bonds is 1. The van der Waals surface area contributed by atoms with Crippen molar-refractivity contribution in [1.82, 2.24) is 0 Å². The Hall–Kier alpha value is 2.18. The summed E-state index contributed by atoms with van der Waals surface area (Å²) in [4.78, 5) is 0. The van der Waals surface area contributed by atoms with Crippen LogP contribution in [0.15, 0.2) is 0 Å². The van der Waals surface area contributed by atoms with Crippen molar-refractivity contribution in [3.05, 3.63) is 0 Å². The molecule has 0 spiro atoms. The molecule has 0 aromatic rings. The first-order valence-corrected chi connectivity index (χ1v) is 3.60. The van der Waals surface area contributed by atoms with E-state index in [9.17, 15) is 8.42 Å². The van der Waals surface area contributed by atoms with Gasteiger partial charge >= 0.3 is 59.1 Å². The van der Waals surface area contributed by atoms with E-state index in [4.69, 9.17) is 9.11 Å². The molecule has 0 aromatic heterocycles. The second kappa shape index (κ2) is 12.8. The van der Waals surface area contributed by atoms with Gasteiger partial charge in [0.25, 0.3) is 20.2 Å². The molecule has 0 aliphatic heterocycles. The molecular formula is H4Na2O5S2. The van der Waals surface area contributed by atoms with Crippen LogP contribution in [-0.2, 0) is 20.2 Å². The summed E-state index contributed by atoms with van der Waals surface area (Å²) >= 11 is 0. The van der Waals surface area contributed by atoms with E-state index in [0.717, 1.165) is 0 Å². The van der Waals surface area contributed by atoms with Crippen molar-refractivity contribution in [3.63, 3.8) is 0 Å². The van der Waals surface area contributed by atoms with Gasteiger partial charge in [0.05, 0.1) is 0 Å². The van der Waals surface area contributed by atoms with Crippen LogP contribution in [0.5, 0.6) is 0 Å². The van der Waals surface area contributed by atoms with Crippen LogP contribution in [0.1, 0.15) is 0 Å². The van der Waals surface area contributed by atoms with E-state index in [0.29, 0.717) is 0 Å². The Kier molecular flexibility index (Phi) is 32.0. The maximum atomic E-state index is 9.26. The Balaban J connectivity index is -0.0000000417. The molecule has 3 N–H and O–H groups in total. The molecule has 0 bridgehead atoms. The molecule has 9 heavy (non-hydrogen) atoms. The number of hydrogen-bond donors (Lipinski definition) is 2. The van der Waals surface area contributed by atoms with Crippen molar-refractivity contribution >= 4 is 49.8 Å². The molecule has 0 aliphatic rings. The largest absolute Gasteiger partial charge is 0.870 e. The summed E-state index contributed by atoms with van der Waals surface area (Å²) in [6.45, 7) is 0. The molecule has 0 saturated heterocycles. The van der Waals surface area contributed by atoms with Gasteiger partial charge in [-0.2, -0.15) is 0 Å². The maximum absolute atomic E-state index is 9.26. The predicted molar refractivity (Wildman–Crippen MR) is 30.6 cm³/mol. The van der Waals surface area contributed by atoms with E-state index < -0.39 is 20.2 Å². The molecule has 0 radical (unpaired) electrons. The Morgan fingerprint density at radius 1 is 1.00 bits per heavy atom. The van der Waals surface area contributed by atoms with Crippen LogP contribution in [0.25, 0.3) is 0 Å². The Morgan fingerprint density at radius 3 is 1.11 bits per heavy atom. The van der Waals surface area contributed by atoms with Gasteiger partial charge in [-0.15, -0.1) is 0 Å². The van der Waals surface area contributed by atoms with Gasteiger partial charge in [-0.25, -0.2) is 8.42 Å². The summed E-state index contributed by atoms with van der Waals surface area (Å²) in [5.41, 5.74) is 0. The average Bonchev–Trinajstić information content (AvgIpc) is 1.36. The molecule has 48 valence electrons. The van der Waals surface area contributed by atoms with Gasteiger partial charge in [0.1, 0.15) is 0 Å². The summed E-state index contributed by atoms with van der Waals surface area (Å²) in [5, 5.41) is 0. The Labute approximate surface area is 101 Å². The van der Waals surface area contributed by atoms with Gasteiger partial charge in [0.2, 0.25) is 0 Å². The third-order valence-corrected chi connectivity index (χ3v) is 1.10. The van der Waals surface area contributed by atoms with Crippen LogP contribution in [0.2, 0.25) is 0 Å². The van der Waals surface area contributed by atoms with Gasteiger partial charge in [-0.1, -0.05) is 0 Å². The van der Waals surface area contributed by atoms with Gasteiger partial charge in [0.15, 0.2) is 0 Å². The van der Waals surface area contributed by atoms with Crippen molar-refractivity contribution < 1.29 is 52.6 Å². The molecule has 9 heteroatoms. The first kappa shape index (κ1) is 22.5. The second-order valence-electron chi connectivity index (χ2n) is 0.434. The van der Waals surface area contributed by atoms with Crippen molar-refractivity contribution in [3.8, 4) is 0 Å². The standard InChI is InChI=1S/2Na.H2O4S2.H2O.H/c;;1-5(2)6(3)4;;/h;;(H,1,2)(H,3,4);1H2;/q;+1;;;/p-1. The van der Waals surface area contributed by atoms with Crippen molar-refractivity contribution in [1.29, 1.82) is 0 Å². The summed E-state index contributed by atoms with van der Waals surface area (Å²) in [6.07, 6.45) is 0. The summed E-state index contributed by atoms with van der Waals surface area (Å²) in [7, 11) is -5.18. The van der Waals surface area contributed by atoms with Crippen LogP contribution in [-0.4, -0.2) is 52.6 Å². The van der Waals surface area contributed by atoms with E-state index in [1.54, 1.807) is 0 Å². The third-order valence-electron chi connectivity index (χ3n) is 0.122. The molecule has 2 atom stereocenters. The first-order valence-electron chi connectivity index (χ1n) is 0.865. The normalized spacial score (nSPS) is 13.1. The summed E-state index contributed by atoms with van der Waals surface area (Å²) in [5.74, 6) is 0. The molecule has 0 amide bonds. The fourth-order valence-electron chi connectivity index (χ4n) is 0. The topological polar surface area (TPSA) is 105 Å². The molecule has 0 fully saturated rings. The molecular weight excluding hydrogens is 190 g/mol. The van der Waals surface area contributed by atoms with E-state index in [1.807, 2.05) is 0 Å². The van der Waals surface area contributed by atoms with Crippen molar-refractivity contribution in [2.45, 2.75) is 0 Å². The van der Waals surface area contributed by atoms with Crippen LogP contribution in [0.4, 0.5) is 0 Å². The fourth-order valence-corrected chi connectivity index (χ4v) is 0. The second-order valence-corrected chi connectivity index (χ2v) is 3.01. The quantitative estimate of drug-likeness (QED) is 0.249. The summed E-state index contributed by atoms with van der Waals surface area (Å²) in [6, 6.07) is 0. The molecule has 0 heterocycles. The first-order chi connectivity index (χ1) is 2.64. The average molecular weight is 194 g/mol. The van der Waals surface area contributed by atoms with Gasteiger partial charge in [-0.05, 0) is 0 Å². The zero-order valence-corrected chi connectivity index (χ0v) is 7.61. The fraction of sp³-hybridized carbons (Fsp3) is 0. The smallest absolute Gasteiger partial charge is 0.870 e. The maximum Gasteiger partial charge on any atom is -0.870 e. The minimum Gasteiger partial charge on any atom is -0.870 e. The van der Waals surface area contributed by atoms with Gasteiger partial charge in [0, 0.05) is 0 Å². The molecule has 0 aromatic carbocycles. The summed E-state index contributed by atoms with van der Waals surface area (Å²) < 4.78 is 33.6. The SMILES string of the molecule is O=S(O)S(=O)O.[Na+].[NaH].[OH-]. The van der Waals surface area contributed by atoms with Crippen LogP contribution in [0.3, 0.4) is 0 Å². The van der Waals surface area contributed by atoms with E-state index in [1.165, 1.54) is 0 Å². The molecule has 2 unspecified atom stereocenters. The Bertz CT molecular complexity index is 79.0. The molecule has 0 aliphatic carbocycles. The van der Waals surface area contributed by atoms with E-state index in [2.05, 4.69) is 0 Å². The zero-order valence-electron chi connectivity index (χ0n) is 3.97. The van der Waals surface area contributed by atoms with Crippen LogP contribution in [0, 0.1) is 0 Å². The monoisotopic (exact) mass is 194 g/mol. The van der Waals surface area contributed by atoms with Crippen molar-refractivity contribution in [2.75, 3.05) is 0 Å². The van der Waals surface area contributed by atoms with Crippen molar-refractivity contribution in [2.24, 2.45) is 0 Å². The molecule has 5 nitrogen and oxygen atoms in total. The van der Waals surface area contributed by atoms with Crippen LogP contribution >= 0.6 is 0 Å².